The lowest BCUT2D eigenvalue weighted by atomic mass is 10.2. The average Bonchev–Trinajstić information content (AvgIpc) is 2.16. The van der Waals surface area contributed by atoms with Crippen LogP contribution < -0.4 is 5.30 Å². The van der Waals surface area contributed by atoms with Crippen molar-refractivity contribution in [2.75, 3.05) is 0 Å². The van der Waals surface area contributed by atoms with E-state index in [2.05, 4.69) is 0 Å². The van der Waals surface area contributed by atoms with E-state index in [1.165, 1.54) is 0 Å². The van der Waals surface area contributed by atoms with Gasteiger partial charge < -0.3 is 5.11 Å². The predicted octanol–water partition coefficient (Wildman–Crippen LogP) is 0.569. The first-order valence-corrected chi connectivity index (χ1v) is 4.87. The molecule has 1 unspecified atom stereocenters. The van der Waals surface area contributed by atoms with E-state index in [0.29, 0.717) is 12.1 Å². The van der Waals surface area contributed by atoms with Gasteiger partial charge in [0, 0.05) is 0 Å². The topological polar surface area (TPSA) is 144 Å². The van der Waals surface area contributed by atoms with Gasteiger partial charge in [-0.3, -0.25) is 20.2 Å². The zero-order valence-corrected chi connectivity index (χ0v) is 8.33. The van der Waals surface area contributed by atoms with Crippen LogP contribution in [0.15, 0.2) is 12.1 Å². The largest absolute Gasteiger partial charge is 0.546 e. The highest BCUT2D eigenvalue weighted by Crippen LogP contribution is 2.36. The number of phenolic OH excluding ortho intramolecular Hbond substituents is 1. The van der Waals surface area contributed by atoms with Crippen LogP contribution in [0.25, 0.3) is 0 Å². The van der Waals surface area contributed by atoms with Crippen molar-refractivity contribution in [1.29, 1.82) is 0 Å². The highest BCUT2D eigenvalue weighted by molar-refractivity contribution is 7.47. The maximum absolute atomic E-state index is 10.7. The van der Waals surface area contributed by atoms with Gasteiger partial charge in [0.05, 0.1) is 22.0 Å². The van der Waals surface area contributed by atoms with Crippen LogP contribution in [0.5, 0.6) is 5.75 Å². The lowest BCUT2D eigenvalue weighted by Crippen LogP contribution is -2.03. The fourth-order valence-corrected chi connectivity index (χ4v) is 1.44. The van der Waals surface area contributed by atoms with Gasteiger partial charge in [-0.1, -0.05) is 0 Å². The van der Waals surface area contributed by atoms with Crippen molar-refractivity contribution in [2.45, 2.75) is 0 Å². The van der Waals surface area contributed by atoms with Crippen molar-refractivity contribution in [3.63, 3.8) is 0 Å². The second-order valence-corrected chi connectivity index (χ2v) is 3.68. The Kier molecular flexibility index (Phi) is 3.11. The van der Waals surface area contributed by atoms with Gasteiger partial charge in [-0.05, 0) is 4.57 Å². The number of hydrogen-bond donors (Lipinski definition) is 2. The smallest absolute Gasteiger partial charge is 0.497 e. The second kappa shape index (κ2) is 4.17. The minimum atomic E-state index is -2.96. The fourth-order valence-electron chi connectivity index (χ4n) is 0.979. The molecule has 1 atom stereocenters. The molecule has 0 fully saturated rings. The molecule has 0 bridgehead atoms. The summed E-state index contributed by atoms with van der Waals surface area (Å²) in [7, 11) is -2.96. The quantitative estimate of drug-likeness (QED) is 0.451. The summed E-state index contributed by atoms with van der Waals surface area (Å²) in [6.07, 6.45) is 0. The summed E-state index contributed by atoms with van der Waals surface area (Å²) < 4.78 is 10.7. The lowest BCUT2D eigenvalue weighted by molar-refractivity contribution is -0.395. The molecule has 0 amide bonds. The number of nitro groups is 2. The van der Waals surface area contributed by atoms with Gasteiger partial charge in [0.15, 0.2) is 0 Å². The molecule has 0 radical (unpaired) electrons. The first kappa shape index (κ1) is 12.0. The van der Waals surface area contributed by atoms with E-state index < -0.39 is 40.3 Å². The fraction of sp³-hybridized carbons (Fsp3) is 0. The molecule has 0 aliphatic carbocycles. The van der Waals surface area contributed by atoms with Crippen LogP contribution in [0.3, 0.4) is 0 Å². The Bertz CT molecular complexity index is 465. The van der Waals surface area contributed by atoms with Gasteiger partial charge in [0.25, 0.3) is 5.75 Å². The number of aromatic hydroxyl groups is 1. The summed E-state index contributed by atoms with van der Waals surface area (Å²) in [5, 5.41) is 29.5. The third-order valence-corrected chi connectivity index (χ3v) is 2.37. The van der Waals surface area contributed by atoms with E-state index >= 15 is 0 Å². The van der Waals surface area contributed by atoms with Gasteiger partial charge in [0.2, 0.25) is 5.30 Å². The molecule has 2 N–H and O–H groups in total. The maximum atomic E-state index is 10.7. The van der Waals surface area contributed by atoms with Crippen LogP contribution in [0.1, 0.15) is 0 Å². The number of hydrogen-bond acceptors (Lipinski definition) is 6. The van der Waals surface area contributed by atoms with Gasteiger partial charge >= 0.3 is 19.4 Å². The van der Waals surface area contributed by atoms with Crippen molar-refractivity contribution < 1.29 is 24.4 Å². The Balaban J connectivity index is 3.57. The molecule has 1 aromatic rings. The third kappa shape index (κ3) is 2.10. The molecule has 9 nitrogen and oxygen atoms in total. The number of phenols is 1. The molecule has 1 aromatic carbocycles. The monoisotopic (exact) mass is 247 g/mol. The zero-order chi connectivity index (χ0) is 12.5. The minimum Gasteiger partial charge on any atom is -0.497 e. The number of benzene rings is 1. The molecule has 0 aliphatic rings. The van der Waals surface area contributed by atoms with Crippen molar-refractivity contribution in [1.82, 2.24) is 0 Å². The van der Waals surface area contributed by atoms with Crippen LogP contribution in [-0.4, -0.2) is 19.8 Å². The summed E-state index contributed by atoms with van der Waals surface area (Å²) in [5.41, 5.74) is -1.97. The molecule has 1 rings (SSSR count). The van der Waals surface area contributed by atoms with Crippen LogP contribution in [0.2, 0.25) is 0 Å². The summed E-state index contributed by atoms with van der Waals surface area (Å²) in [6.45, 7) is 0. The molecule has 10 heteroatoms. The van der Waals surface area contributed by atoms with Crippen molar-refractivity contribution in [2.24, 2.45) is 0 Å². The van der Waals surface area contributed by atoms with Gasteiger partial charge in [-0.15, -0.1) is 0 Å². The van der Waals surface area contributed by atoms with E-state index in [4.69, 9.17) is 4.89 Å². The van der Waals surface area contributed by atoms with Crippen molar-refractivity contribution in [3.8, 4) is 5.75 Å². The molecular formula is C6H4N2O7P+. The van der Waals surface area contributed by atoms with E-state index in [9.17, 15) is 29.9 Å². The first-order chi connectivity index (χ1) is 7.34. The highest BCUT2D eigenvalue weighted by Gasteiger charge is 2.32. The highest BCUT2D eigenvalue weighted by atomic mass is 31.1. The number of rotatable bonds is 3. The molecule has 0 saturated carbocycles. The van der Waals surface area contributed by atoms with E-state index in [-0.39, 0.29) is 0 Å². The summed E-state index contributed by atoms with van der Waals surface area (Å²) in [4.78, 5) is 27.4. The number of nitrogens with zero attached hydrogens (tertiary/aromatic N) is 2. The van der Waals surface area contributed by atoms with E-state index in [0.717, 1.165) is 0 Å². The van der Waals surface area contributed by atoms with E-state index in [1.54, 1.807) is 0 Å². The molecule has 84 valence electrons. The normalized spacial score (nSPS) is 10.9. The molecule has 16 heavy (non-hydrogen) atoms. The van der Waals surface area contributed by atoms with Gasteiger partial charge in [-0.2, -0.15) is 4.89 Å². The first-order valence-electron chi connectivity index (χ1n) is 3.66. The van der Waals surface area contributed by atoms with E-state index in [1.807, 2.05) is 0 Å². The third-order valence-electron chi connectivity index (χ3n) is 1.67. The van der Waals surface area contributed by atoms with Gasteiger partial charge in [0.1, 0.15) is 0 Å². The zero-order valence-electron chi connectivity index (χ0n) is 7.43. The molecule has 0 saturated heterocycles. The molecule has 0 aromatic heterocycles. The van der Waals surface area contributed by atoms with Gasteiger partial charge in [-0.25, -0.2) is 0 Å². The van der Waals surface area contributed by atoms with Crippen LogP contribution in [-0.2, 0) is 4.57 Å². The molecule has 0 spiro atoms. The molecular weight excluding hydrogens is 243 g/mol. The summed E-state index contributed by atoms with van der Waals surface area (Å²) in [5.74, 6) is -1.14. The Morgan fingerprint density at radius 3 is 1.75 bits per heavy atom. The Morgan fingerprint density at radius 2 is 1.50 bits per heavy atom. The lowest BCUT2D eigenvalue weighted by Gasteiger charge is -1.96. The average molecular weight is 247 g/mol. The van der Waals surface area contributed by atoms with Crippen LogP contribution in [0.4, 0.5) is 11.4 Å². The Labute approximate surface area is 88.1 Å². The number of nitro benzene ring substituents is 2. The maximum Gasteiger partial charge on any atom is 0.546 e. The predicted molar refractivity (Wildman–Crippen MR) is 50.9 cm³/mol. The van der Waals surface area contributed by atoms with Crippen LogP contribution in [0, 0.1) is 20.2 Å². The van der Waals surface area contributed by atoms with Crippen molar-refractivity contribution >= 4 is 24.7 Å². The molecule has 0 heterocycles. The minimum absolute atomic E-state index is 0.494. The second-order valence-electron chi connectivity index (χ2n) is 2.62. The standard InChI is InChI=1S/C6H3N2O7P/c9-6-4(7(10)11)1-3(16(14)15)2-5(6)8(12)13/h1-2H,(H-,9,14,15)/p+1. The van der Waals surface area contributed by atoms with Crippen LogP contribution >= 0.6 is 8.03 Å². The Morgan fingerprint density at radius 1 is 1.12 bits per heavy atom. The SMILES string of the molecule is O=[N+]([O-])c1cc([P+](=O)O)cc([N+](=O)[O-])c1O. The summed E-state index contributed by atoms with van der Waals surface area (Å²) >= 11 is 0. The Hall–Kier alpha value is -2.12. The van der Waals surface area contributed by atoms with Crippen molar-refractivity contribution in [3.05, 3.63) is 32.4 Å². The molecule has 0 aliphatic heterocycles. The summed E-state index contributed by atoms with van der Waals surface area (Å²) in [6, 6.07) is 1.22.